The largest absolute Gasteiger partial charge is 0.393 e. The third-order valence-corrected chi connectivity index (χ3v) is 3.13. The quantitative estimate of drug-likeness (QED) is 0.677. The van der Waals surface area contributed by atoms with E-state index in [-0.39, 0.29) is 23.3 Å². The summed E-state index contributed by atoms with van der Waals surface area (Å²) in [5, 5.41) is 0. The molecule has 1 unspecified atom stereocenters. The number of carbonyl (C=O) groups is 2. The van der Waals surface area contributed by atoms with Crippen molar-refractivity contribution < 1.29 is 9.59 Å². The molecule has 110 valence electrons. The maximum atomic E-state index is 12.4. The molecule has 0 rings (SSSR count). The molecule has 0 spiro atoms. The summed E-state index contributed by atoms with van der Waals surface area (Å²) in [6, 6.07) is 0. The summed E-state index contributed by atoms with van der Waals surface area (Å²) in [6.07, 6.45) is 2.25. The van der Waals surface area contributed by atoms with Crippen LogP contribution < -0.4 is 5.73 Å². The van der Waals surface area contributed by atoms with Gasteiger partial charge in [0.15, 0.2) is 0 Å². The second-order valence-corrected chi connectivity index (χ2v) is 5.26. The van der Waals surface area contributed by atoms with Gasteiger partial charge in [-0.05, 0) is 12.8 Å². The highest BCUT2D eigenvalue weighted by Crippen LogP contribution is 2.12. The van der Waals surface area contributed by atoms with E-state index in [1.165, 1.54) is 4.90 Å². The first kappa shape index (κ1) is 17.8. The van der Waals surface area contributed by atoms with Crippen molar-refractivity contribution in [1.82, 2.24) is 9.80 Å². The number of rotatable bonds is 8. The zero-order valence-electron chi connectivity index (χ0n) is 12.3. The topological polar surface area (TPSA) is 66.6 Å². The summed E-state index contributed by atoms with van der Waals surface area (Å²) in [5.41, 5.74) is 5.64. The number of amides is 2. The fourth-order valence-corrected chi connectivity index (χ4v) is 1.96. The highest BCUT2D eigenvalue weighted by atomic mass is 32.1. The van der Waals surface area contributed by atoms with Gasteiger partial charge < -0.3 is 15.5 Å². The van der Waals surface area contributed by atoms with Crippen LogP contribution in [0.4, 0.5) is 0 Å². The van der Waals surface area contributed by atoms with Gasteiger partial charge in [0, 0.05) is 20.6 Å². The van der Waals surface area contributed by atoms with Gasteiger partial charge in [0.25, 0.3) is 0 Å². The van der Waals surface area contributed by atoms with Crippen LogP contribution in [0.25, 0.3) is 0 Å². The minimum absolute atomic E-state index is 0.0858. The Labute approximate surface area is 121 Å². The Kier molecular flexibility index (Phi) is 8.30. The number of hydrogen-bond donors (Lipinski definition) is 1. The van der Waals surface area contributed by atoms with Crippen molar-refractivity contribution in [2.24, 2.45) is 11.7 Å². The van der Waals surface area contributed by atoms with E-state index in [0.29, 0.717) is 13.0 Å². The van der Waals surface area contributed by atoms with E-state index >= 15 is 0 Å². The van der Waals surface area contributed by atoms with Crippen LogP contribution in [0, 0.1) is 5.92 Å². The third-order valence-electron chi connectivity index (χ3n) is 2.85. The predicted octanol–water partition coefficient (Wildman–Crippen LogP) is 1.02. The summed E-state index contributed by atoms with van der Waals surface area (Å²) < 4.78 is 0. The smallest absolute Gasteiger partial charge is 0.241 e. The summed E-state index contributed by atoms with van der Waals surface area (Å²) >= 11 is 4.96. The molecule has 0 aromatic rings. The monoisotopic (exact) mass is 287 g/mol. The Balaban J connectivity index is 4.89. The molecule has 0 saturated carbocycles. The molecule has 0 aliphatic carbocycles. The van der Waals surface area contributed by atoms with Crippen LogP contribution in [0.15, 0.2) is 0 Å². The minimum atomic E-state index is -0.457. The number of likely N-dealkylation sites (N-methyl/N-ethyl adjacent to an activating group) is 1. The van der Waals surface area contributed by atoms with Gasteiger partial charge in [-0.3, -0.25) is 9.59 Å². The molecule has 2 N–H and O–H groups in total. The van der Waals surface area contributed by atoms with E-state index in [4.69, 9.17) is 18.0 Å². The summed E-state index contributed by atoms with van der Waals surface area (Å²) in [4.78, 5) is 27.4. The zero-order valence-corrected chi connectivity index (χ0v) is 13.1. The van der Waals surface area contributed by atoms with Crippen LogP contribution in [-0.4, -0.2) is 53.8 Å². The first-order valence-electron chi connectivity index (χ1n) is 6.63. The van der Waals surface area contributed by atoms with Crippen molar-refractivity contribution in [1.29, 1.82) is 0 Å². The lowest BCUT2D eigenvalue weighted by atomic mass is 10.0. The van der Waals surface area contributed by atoms with Crippen LogP contribution in [0.3, 0.4) is 0 Å². The van der Waals surface area contributed by atoms with Gasteiger partial charge in [-0.25, -0.2) is 0 Å². The minimum Gasteiger partial charge on any atom is -0.393 e. The van der Waals surface area contributed by atoms with E-state index in [1.54, 1.807) is 19.0 Å². The number of carbonyl (C=O) groups excluding carboxylic acids is 2. The standard InChI is InChI=1S/C13H25N3O2S/c1-5-7-10(12(14)19)13(18)16(8-6-2)9-11(17)15(3)4/h10H,5-9H2,1-4H3,(H2,14,19). The molecule has 0 aliphatic heterocycles. The Morgan fingerprint density at radius 2 is 1.79 bits per heavy atom. The van der Waals surface area contributed by atoms with Crippen LogP contribution in [-0.2, 0) is 9.59 Å². The fraction of sp³-hybridized carbons (Fsp3) is 0.769. The molecule has 0 bridgehead atoms. The summed E-state index contributed by atoms with van der Waals surface area (Å²) in [6.45, 7) is 4.58. The molecule has 0 radical (unpaired) electrons. The maximum Gasteiger partial charge on any atom is 0.241 e. The second-order valence-electron chi connectivity index (χ2n) is 4.79. The average Bonchev–Trinajstić information content (AvgIpc) is 2.33. The zero-order chi connectivity index (χ0) is 15.0. The van der Waals surface area contributed by atoms with E-state index in [0.717, 1.165) is 12.8 Å². The number of nitrogens with zero attached hydrogens (tertiary/aromatic N) is 2. The highest BCUT2D eigenvalue weighted by molar-refractivity contribution is 7.80. The Morgan fingerprint density at radius 3 is 2.16 bits per heavy atom. The average molecular weight is 287 g/mol. The number of thiocarbonyl (C=S) groups is 1. The molecule has 19 heavy (non-hydrogen) atoms. The molecule has 0 aromatic carbocycles. The molecule has 0 saturated heterocycles. The maximum absolute atomic E-state index is 12.4. The predicted molar refractivity (Wildman–Crippen MR) is 80.7 cm³/mol. The van der Waals surface area contributed by atoms with Crippen molar-refractivity contribution in [3.05, 3.63) is 0 Å². The van der Waals surface area contributed by atoms with Gasteiger partial charge >= 0.3 is 0 Å². The van der Waals surface area contributed by atoms with Crippen LogP contribution >= 0.6 is 12.2 Å². The molecular weight excluding hydrogens is 262 g/mol. The van der Waals surface area contributed by atoms with Gasteiger partial charge in [0.1, 0.15) is 0 Å². The van der Waals surface area contributed by atoms with E-state index < -0.39 is 5.92 Å². The molecule has 0 fully saturated rings. The SMILES string of the molecule is CCCC(C(=O)N(CCC)CC(=O)N(C)C)C(N)=S. The molecule has 0 aromatic heterocycles. The van der Waals surface area contributed by atoms with Crippen LogP contribution in [0.5, 0.6) is 0 Å². The Bertz CT molecular complexity index is 332. The highest BCUT2D eigenvalue weighted by Gasteiger charge is 2.27. The van der Waals surface area contributed by atoms with Gasteiger partial charge in [-0.1, -0.05) is 32.5 Å². The van der Waals surface area contributed by atoms with Gasteiger partial charge in [0.2, 0.25) is 11.8 Å². The van der Waals surface area contributed by atoms with Crippen molar-refractivity contribution in [2.75, 3.05) is 27.2 Å². The molecular formula is C13H25N3O2S. The van der Waals surface area contributed by atoms with E-state index in [2.05, 4.69) is 0 Å². The number of hydrogen-bond acceptors (Lipinski definition) is 3. The number of nitrogens with two attached hydrogens (primary N) is 1. The Hall–Kier alpha value is -1.17. The lowest BCUT2D eigenvalue weighted by Crippen LogP contribution is -2.46. The van der Waals surface area contributed by atoms with Crippen molar-refractivity contribution in [3.63, 3.8) is 0 Å². The summed E-state index contributed by atoms with van der Waals surface area (Å²) in [7, 11) is 3.35. The summed E-state index contributed by atoms with van der Waals surface area (Å²) in [5.74, 6) is -0.687. The fourth-order valence-electron chi connectivity index (χ4n) is 1.74. The molecule has 0 heterocycles. The molecule has 1 atom stereocenters. The van der Waals surface area contributed by atoms with E-state index in [9.17, 15) is 9.59 Å². The van der Waals surface area contributed by atoms with Crippen molar-refractivity contribution in [2.45, 2.75) is 33.1 Å². The first-order valence-corrected chi connectivity index (χ1v) is 7.04. The second kappa shape index (κ2) is 8.85. The molecule has 5 nitrogen and oxygen atoms in total. The van der Waals surface area contributed by atoms with Crippen molar-refractivity contribution in [3.8, 4) is 0 Å². The van der Waals surface area contributed by atoms with Gasteiger partial charge in [0.05, 0.1) is 17.5 Å². The van der Waals surface area contributed by atoms with Crippen molar-refractivity contribution >= 4 is 29.0 Å². The Morgan fingerprint density at radius 1 is 1.21 bits per heavy atom. The molecule has 6 heteroatoms. The lowest BCUT2D eigenvalue weighted by Gasteiger charge is -2.27. The van der Waals surface area contributed by atoms with E-state index in [1.807, 2.05) is 13.8 Å². The molecule has 2 amide bonds. The van der Waals surface area contributed by atoms with Gasteiger partial charge in [-0.15, -0.1) is 0 Å². The van der Waals surface area contributed by atoms with Crippen LogP contribution in [0.1, 0.15) is 33.1 Å². The van der Waals surface area contributed by atoms with Crippen LogP contribution in [0.2, 0.25) is 0 Å². The first-order chi connectivity index (χ1) is 8.84. The van der Waals surface area contributed by atoms with Gasteiger partial charge in [-0.2, -0.15) is 0 Å². The normalized spacial score (nSPS) is 11.8. The molecule has 0 aliphatic rings. The third kappa shape index (κ3) is 6.00. The lowest BCUT2D eigenvalue weighted by molar-refractivity contribution is -0.140.